The second-order valence-electron chi connectivity index (χ2n) is 2.37. The number of nitrogens with one attached hydrogen (secondary N) is 2. The average molecular weight is 158 g/mol. The van der Waals surface area contributed by atoms with Crippen LogP contribution in [0.3, 0.4) is 0 Å². The molecule has 0 aliphatic carbocycles. The first-order chi connectivity index (χ1) is 5.28. The normalized spacial score (nSPS) is 11.9. The molecule has 0 atom stereocenters. The second kappa shape index (κ2) is 5.97. The predicted molar refractivity (Wildman–Crippen MR) is 48.2 cm³/mol. The fourth-order valence-corrected chi connectivity index (χ4v) is 0.857. The summed E-state index contributed by atoms with van der Waals surface area (Å²) in [4.78, 5) is 3.91. The van der Waals surface area contributed by atoms with Crippen molar-refractivity contribution in [1.82, 2.24) is 10.7 Å². The van der Waals surface area contributed by atoms with Crippen molar-refractivity contribution < 1.29 is 0 Å². The summed E-state index contributed by atoms with van der Waals surface area (Å²) in [5.41, 5.74) is 2.49. The van der Waals surface area contributed by atoms with Crippen molar-refractivity contribution in [3.8, 4) is 0 Å². The van der Waals surface area contributed by atoms with Crippen LogP contribution in [0, 0.1) is 0 Å². The molecule has 0 amide bonds. The Labute approximate surface area is 68.2 Å². The van der Waals surface area contributed by atoms with E-state index < -0.39 is 0 Å². The molecule has 0 aromatic carbocycles. The molecule has 0 spiro atoms. The van der Waals surface area contributed by atoms with E-state index in [0.29, 0.717) is 12.0 Å². The highest BCUT2D eigenvalue weighted by molar-refractivity contribution is 5.79. The lowest BCUT2D eigenvalue weighted by Crippen LogP contribution is -2.45. The van der Waals surface area contributed by atoms with E-state index in [-0.39, 0.29) is 0 Å². The van der Waals surface area contributed by atoms with Crippen molar-refractivity contribution in [3.63, 3.8) is 0 Å². The molecule has 11 heavy (non-hydrogen) atoms. The van der Waals surface area contributed by atoms with Crippen molar-refractivity contribution in [3.05, 3.63) is 0 Å². The molecule has 4 N–H and O–H groups in total. The molecule has 0 rings (SSSR count). The maximum Gasteiger partial charge on any atom is 0.205 e. The summed E-state index contributed by atoms with van der Waals surface area (Å²) in [6.45, 7) is 4.26. The quantitative estimate of drug-likeness (QED) is 0.238. The van der Waals surface area contributed by atoms with E-state index in [0.717, 1.165) is 12.8 Å². The van der Waals surface area contributed by atoms with Gasteiger partial charge in [-0.3, -0.25) is 10.4 Å². The van der Waals surface area contributed by atoms with Gasteiger partial charge in [-0.2, -0.15) is 0 Å². The number of hydrazine groups is 1. The second-order valence-corrected chi connectivity index (χ2v) is 2.37. The van der Waals surface area contributed by atoms with E-state index in [4.69, 9.17) is 5.84 Å². The summed E-state index contributed by atoms with van der Waals surface area (Å²) in [5, 5.41) is 3.17. The van der Waals surface area contributed by atoms with E-state index in [2.05, 4.69) is 29.6 Å². The smallest absolute Gasteiger partial charge is 0.205 e. The Morgan fingerprint density at radius 3 is 2.27 bits per heavy atom. The molecule has 0 aliphatic rings. The van der Waals surface area contributed by atoms with Crippen LogP contribution in [0.4, 0.5) is 0 Å². The van der Waals surface area contributed by atoms with Gasteiger partial charge in [-0.05, 0) is 12.8 Å². The number of nitrogens with zero attached hydrogens (tertiary/aromatic N) is 1. The monoisotopic (exact) mass is 158 g/mol. The van der Waals surface area contributed by atoms with Crippen molar-refractivity contribution >= 4 is 5.96 Å². The van der Waals surface area contributed by atoms with Crippen LogP contribution in [0.5, 0.6) is 0 Å². The van der Waals surface area contributed by atoms with Crippen molar-refractivity contribution in [2.24, 2.45) is 10.8 Å². The number of aliphatic imine (C=N–C) groups is 1. The van der Waals surface area contributed by atoms with Gasteiger partial charge in [0.2, 0.25) is 5.96 Å². The Morgan fingerprint density at radius 2 is 2.00 bits per heavy atom. The minimum absolute atomic E-state index is 0.463. The van der Waals surface area contributed by atoms with Gasteiger partial charge in [0.25, 0.3) is 0 Å². The summed E-state index contributed by atoms with van der Waals surface area (Å²) >= 11 is 0. The zero-order valence-corrected chi connectivity index (χ0v) is 7.52. The van der Waals surface area contributed by atoms with Crippen LogP contribution in [0.25, 0.3) is 0 Å². The molecule has 0 saturated heterocycles. The highest BCUT2D eigenvalue weighted by Crippen LogP contribution is 1.94. The van der Waals surface area contributed by atoms with E-state index in [1.807, 2.05) is 0 Å². The third kappa shape index (κ3) is 3.83. The summed E-state index contributed by atoms with van der Waals surface area (Å²) in [6, 6.07) is 0.463. The maximum absolute atomic E-state index is 5.20. The molecule has 66 valence electrons. The molecule has 0 bridgehead atoms. The largest absolute Gasteiger partial charge is 0.353 e. The Hall–Kier alpha value is -0.770. The van der Waals surface area contributed by atoms with Crippen molar-refractivity contribution in [2.45, 2.75) is 32.7 Å². The maximum atomic E-state index is 5.20. The Morgan fingerprint density at radius 1 is 1.45 bits per heavy atom. The van der Waals surface area contributed by atoms with Crippen LogP contribution in [-0.4, -0.2) is 19.0 Å². The lowest BCUT2D eigenvalue weighted by molar-refractivity contribution is 0.560. The number of guanidine groups is 1. The van der Waals surface area contributed by atoms with E-state index in [1.54, 1.807) is 7.05 Å². The highest BCUT2D eigenvalue weighted by Gasteiger charge is 2.03. The number of nitrogens with two attached hydrogens (primary N) is 1. The highest BCUT2D eigenvalue weighted by atomic mass is 15.3. The molecule has 0 aromatic heterocycles. The molecule has 4 heteroatoms. The fourth-order valence-electron chi connectivity index (χ4n) is 0.857. The molecule has 0 aliphatic heterocycles. The third-order valence-electron chi connectivity index (χ3n) is 1.69. The number of hydrogen-bond acceptors (Lipinski definition) is 2. The van der Waals surface area contributed by atoms with Crippen LogP contribution < -0.4 is 16.6 Å². The summed E-state index contributed by atoms with van der Waals surface area (Å²) < 4.78 is 0. The lowest BCUT2D eigenvalue weighted by atomic mass is 10.2. The standard InChI is InChI=1S/C7H18N4/c1-4-6(5-2)10-7(9-3)11-8/h6H,4-5,8H2,1-3H3,(H2,9,10,11). The van der Waals surface area contributed by atoms with Gasteiger partial charge < -0.3 is 5.32 Å². The zero-order chi connectivity index (χ0) is 8.69. The van der Waals surface area contributed by atoms with E-state index in [1.165, 1.54) is 0 Å². The zero-order valence-electron chi connectivity index (χ0n) is 7.52. The number of hydrogen-bond donors (Lipinski definition) is 3. The fraction of sp³-hybridized carbons (Fsp3) is 0.857. The van der Waals surface area contributed by atoms with Gasteiger partial charge in [0.1, 0.15) is 0 Å². The Balaban J connectivity index is 3.78. The van der Waals surface area contributed by atoms with Gasteiger partial charge in [-0.25, -0.2) is 5.84 Å². The average Bonchev–Trinajstić information content (AvgIpc) is 2.07. The van der Waals surface area contributed by atoms with Crippen LogP contribution in [0.2, 0.25) is 0 Å². The molecule has 0 saturated carbocycles. The minimum Gasteiger partial charge on any atom is -0.353 e. The van der Waals surface area contributed by atoms with Gasteiger partial charge in [-0.15, -0.1) is 0 Å². The van der Waals surface area contributed by atoms with E-state index in [9.17, 15) is 0 Å². The minimum atomic E-state index is 0.463. The molecule has 0 fully saturated rings. The first-order valence-electron chi connectivity index (χ1n) is 3.98. The van der Waals surface area contributed by atoms with Crippen LogP contribution >= 0.6 is 0 Å². The summed E-state index contributed by atoms with van der Waals surface area (Å²) in [5.74, 6) is 5.85. The molecule has 0 heterocycles. The molecule has 0 unspecified atom stereocenters. The molecular formula is C7H18N4. The van der Waals surface area contributed by atoms with Gasteiger partial charge in [0.05, 0.1) is 0 Å². The van der Waals surface area contributed by atoms with Crippen LogP contribution in [0.15, 0.2) is 4.99 Å². The van der Waals surface area contributed by atoms with Gasteiger partial charge in [0, 0.05) is 13.1 Å². The molecule has 0 aromatic rings. The van der Waals surface area contributed by atoms with E-state index >= 15 is 0 Å². The SMILES string of the molecule is CCC(CC)NC(=NC)NN. The van der Waals surface area contributed by atoms with Crippen molar-refractivity contribution in [1.29, 1.82) is 0 Å². The third-order valence-corrected chi connectivity index (χ3v) is 1.69. The number of rotatable bonds is 3. The van der Waals surface area contributed by atoms with Gasteiger partial charge in [0.15, 0.2) is 0 Å². The predicted octanol–water partition coefficient (Wildman–Crippen LogP) is 0.214. The summed E-state index contributed by atoms with van der Waals surface area (Å²) in [7, 11) is 1.70. The van der Waals surface area contributed by atoms with Crippen LogP contribution in [0.1, 0.15) is 26.7 Å². The molecular weight excluding hydrogens is 140 g/mol. The summed E-state index contributed by atoms with van der Waals surface area (Å²) in [6.07, 6.45) is 2.16. The Kier molecular flexibility index (Phi) is 5.56. The van der Waals surface area contributed by atoms with Crippen LogP contribution in [-0.2, 0) is 0 Å². The molecule has 4 nitrogen and oxygen atoms in total. The van der Waals surface area contributed by atoms with Gasteiger partial charge >= 0.3 is 0 Å². The van der Waals surface area contributed by atoms with Gasteiger partial charge in [-0.1, -0.05) is 13.8 Å². The topological polar surface area (TPSA) is 62.4 Å². The molecule has 0 radical (unpaired) electrons. The first kappa shape index (κ1) is 10.2. The Bertz CT molecular complexity index is 118. The lowest BCUT2D eigenvalue weighted by Gasteiger charge is -2.16. The van der Waals surface area contributed by atoms with Crippen molar-refractivity contribution in [2.75, 3.05) is 7.05 Å². The first-order valence-corrected chi connectivity index (χ1v) is 3.98.